The molecular formula is C32H34ClN3O3. The Hall–Kier alpha value is -3.90. The Balaban J connectivity index is 1.69. The van der Waals surface area contributed by atoms with Gasteiger partial charge in [-0.1, -0.05) is 81.3 Å². The van der Waals surface area contributed by atoms with Crippen molar-refractivity contribution in [3.05, 3.63) is 111 Å². The van der Waals surface area contributed by atoms with Gasteiger partial charge in [0.2, 0.25) is 0 Å². The number of hydrogen-bond acceptors (Lipinski definition) is 3. The number of nitrogens with zero attached hydrogens (tertiary/aromatic N) is 2. The highest BCUT2D eigenvalue weighted by Crippen LogP contribution is 2.23. The fourth-order valence-corrected chi connectivity index (χ4v) is 4.70. The van der Waals surface area contributed by atoms with Crippen LogP contribution in [0.4, 0.5) is 0 Å². The molecule has 6 nitrogen and oxygen atoms in total. The number of benzene rings is 3. The molecular weight excluding hydrogens is 510 g/mol. The van der Waals surface area contributed by atoms with E-state index in [1.165, 1.54) is 10.2 Å². The second-order valence-electron chi connectivity index (χ2n) is 10.1. The fraction of sp³-hybridized carbons (Fsp3) is 0.281. The van der Waals surface area contributed by atoms with E-state index in [1.807, 2.05) is 68.4 Å². The summed E-state index contributed by atoms with van der Waals surface area (Å²) in [6.07, 6.45) is 3.17. The summed E-state index contributed by atoms with van der Waals surface area (Å²) in [4.78, 5) is 42.5. The van der Waals surface area contributed by atoms with Crippen molar-refractivity contribution < 1.29 is 9.59 Å². The largest absolute Gasteiger partial charge is 0.331 e. The molecule has 3 aromatic carbocycles. The molecule has 0 unspecified atom stereocenters. The Labute approximate surface area is 234 Å². The first-order valence-corrected chi connectivity index (χ1v) is 13.7. The van der Waals surface area contributed by atoms with Crippen LogP contribution in [0.15, 0.2) is 83.7 Å². The summed E-state index contributed by atoms with van der Waals surface area (Å²) in [7, 11) is 0. The topological polar surface area (TPSA) is 75.2 Å². The number of unbranched alkanes of at least 4 members (excludes halogenated alkanes) is 1. The third kappa shape index (κ3) is 6.76. The van der Waals surface area contributed by atoms with Gasteiger partial charge in [0, 0.05) is 22.7 Å². The number of ketones is 1. The number of aromatic amines is 1. The maximum Gasteiger partial charge on any atom is 0.282 e. The normalized spacial score (nSPS) is 11.1. The second kappa shape index (κ2) is 12.8. The molecule has 39 heavy (non-hydrogen) atoms. The average Bonchev–Trinajstić information content (AvgIpc) is 3.29. The molecule has 7 heteroatoms. The number of Topliss-reactive ketones (excluding diaryl/α,β-unsaturated/α-hetero) is 1. The van der Waals surface area contributed by atoms with E-state index >= 15 is 0 Å². The van der Waals surface area contributed by atoms with Gasteiger partial charge >= 0.3 is 0 Å². The zero-order valence-electron chi connectivity index (χ0n) is 22.6. The van der Waals surface area contributed by atoms with Gasteiger partial charge in [0.15, 0.2) is 5.78 Å². The highest BCUT2D eigenvalue weighted by molar-refractivity contribution is 6.30. The van der Waals surface area contributed by atoms with Gasteiger partial charge in [0.1, 0.15) is 5.56 Å². The highest BCUT2D eigenvalue weighted by Gasteiger charge is 2.27. The van der Waals surface area contributed by atoms with Crippen molar-refractivity contribution in [1.29, 1.82) is 0 Å². The van der Waals surface area contributed by atoms with Gasteiger partial charge in [0.25, 0.3) is 11.5 Å². The maximum absolute atomic E-state index is 13.8. The molecule has 1 aromatic heterocycles. The van der Waals surface area contributed by atoms with Crippen LogP contribution < -0.4 is 5.56 Å². The number of hydrogen-bond donors (Lipinski definition) is 1. The monoisotopic (exact) mass is 543 g/mol. The number of aromatic nitrogens is 2. The molecule has 0 radical (unpaired) electrons. The number of amides is 1. The van der Waals surface area contributed by atoms with Gasteiger partial charge in [-0.25, -0.2) is 4.68 Å². The van der Waals surface area contributed by atoms with Crippen LogP contribution >= 0.6 is 11.6 Å². The summed E-state index contributed by atoms with van der Waals surface area (Å²) in [5.74, 6) is -0.513. The standard InChI is InChI=1S/C32H34ClN3O3/c1-4-5-9-23-12-14-25(15-13-23)31(38)35(20-22(2)3)21-28(37)29-30(24-10-7-6-8-11-24)34-36(32(29)39)27-18-16-26(33)17-19-27/h6-8,10-19,22,34H,4-5,9,20-21H2,1-3H3. The molecule has 0 saturated carbocycles. The number of nitrogens with one attached hydrogen (secondary N) is 1. The molecule has 0 aliphatic rings. The lowest BCUT2D eigenvalue weighted by Gasteiger charge is -2.24. The van der Waals surface area contributed by atoms with E-state index in [4.69, 9.17) is 11.6 Å². The first kappa shape index (κ1) is 28.1. The summed E-state index contributed by atoms with van der Waals surface area (Å²) < 4.78 is 1.34. The molecule has 0 aliphatic carbocycles. The molecule has 0 saturated heterocycles. The van der Waals surface area contributed by atoms with Crippen molar-refractivity contribution in [1.82, 2.24) is 14.7 Å². The van der Waals surface area contributed by atoms with Gasteiger partial charge in [-0.3, -0.25) is 19.5 Å². The van der Waals surface area contributed by atoms with E-state index in [0.29, 0.717) is 34.1 Å². The third-order valence-electron chi connectivity index (χ3n) is 6.54. The smallest absolute Gasteiger partial charge is 0.282 e. The zero-order valence-corrected chi connectivity index (χ0v) is 23.4. The molecule has 0 fully saturated rings. The molecule has 0 aliphatic heterocycles. The van der Waals surface area contributed by atoms with Crippen molar-refractivity contribution >= 4 is 23.3 Å². The first-order valence-electron chi connectivity index (χ1n) is 13.4. The Bertz CT molecular complexity index is 1470. The van der Waals surface area contributed by atoms with Crippen LogP contribution in [0.5, 0.6) is 0 Å². The molecule has 4 rings (SSSR count). The third-order valence-corrected chi connectivity index (χ3v) is 6.80. The summed E-state index contributed by atoms with van der Waals surface area (Å²) in [5.41, 5.74) is 2.93. The predicted octanol–water partition coefficient (Wildman–Crippen LogP) is 6.81. The molecule has 202 valence electrons. The Morgan fingerprint density at radius 3 is 2.23 bits per heavy atom. The quantitative estimate of drug-likeness (QED) is 0.211. The molecule has 0 spiro atoms. The van der Waals surface area contributed by atoms with Crippen molar-refractivity contribution in [2.45, 2.75) is 40.0 Å². The molecule has 1 heterocycles. The van der Waals surface area contributed by atoms with Gasteiger partial charge in [-0.2, -0.15) is 0 Å². The highest BCUT2D eigenvalue weighted by atomic mass is 35.5. The Kier molecular flexibility index (Phi) is 9.20. The number of rotatable bonds is 11. The number of aryl methyl sites for hydroxylation is 1. The Morgan fingerprint density at radius 2 is 1.62 bits per heavy atom. The van der Waals surface area contributed by atoms with Crippen molar-refractivity contribution in [3.63, 3.8) is 0 Å². The minimum absolute atomic E-state index is 0.0209. The van der Waals surface area contributed by atoms with Crippen molar-refractivity contribution in [2.24, 2.45) is 5.92 Å². The number of carbonyl (C=O) groups excluding carboxylic acids is 2. The lowest BCUT2D eigenvalue weighted by atomic mass is 10.0. The molecule has 1 amide bonds. The van der Waals surface area contributed by atoms with Crippen molar-refractivity contribution in [2.75, 3.05) is 13.1 Å². The van der Waals surface area contributed by atoms with Crippen LogP contribution in [-0.2, 0) is 6.42 Å². The lowest BCUT2D eigenvalue weighted by Crippen LogP contribution is -2.39. The van der Waals surface area contributed by atoms with E-state index in [2.05, 4.69) is 12.0 Å². The average molecular weight is 544 g/mol. The fourth-order valence-electron chi connectivity index (χ4n) is 4.57. The minimum Gasteiger partial charge on any atom is -0.331 e. The van der Waals surface area contributed by atoms with Crippen LogP contribution in [-0.4, -0.2) is 39.5 Å². The summed E-state index contributed by atoms with van der Waals surface area (Å²) in [6.45, 7) is 6.33. The number of H-pyrrole nitrogens is 1. The zero-order chi connectivity index (χ0) is 27.9. The second-order valence-corrected chi connectivity index (χ2v) is 10.6. The van der Waals surface area contributed by atoms with Crippen LogP contribution in [0.25, 0.3) is 16.9 Å². The SMILES string of the molecule is CCCCc1ccc(C(=O)N(CC(=O)c2c(-c3ccccc3)[nH]n(-c3ccc(Cl)cc3)c2=O)CC(C)C)cc1. The minimum atomic E-state index is -0.474. The number of carbonyl (C=O) groups is 2. The molecule has 4 aromatic rings. The molecule has 0 bridgehead atoms. The summed E-state index contributed by atoms with van der Waals surface area (Å²) in [5, 5.41) is 3.66. The van der Waals surface area contributed by atoms with Crippen LogP contribution in [0.3, 0.4) is 0 Å². The van der Waals surface area contributed by atoms with Crippen LogP contribution in [0.1, 0.15) is 59.9 Å². The summed E-state index contributed by atoms with van der Waals surface area (Å²) >= 11 is 6.04. The molecule has 1 N–H and O–H groups in total. The van der Waals surface area contributed by atoms with Crippen LogP contribution in [0, 0.1) is 5.92 Å². The lowest BCUT2D eigenvalue weighted by molar-refractivity contribution is 0.0691. The van der Waals surface area contributed by atoms with Crippen LogP contribution in [0.2, 0.25) is 5.02 Å². The van der Waals surface area contributed by atoms with Gasteiger partial charge in [0.05, 0.1) is 17.9 Å². The van der Waals surface area contributed by atoms with E-state index in [1.54, 1.807) is 29.2 Å². The van der Waals surface area contributed by atoms with E-state index < -0.39 is 11.3 Å². The number of halogens is 1. The van der Waals surface area contributed by atoms with E-state index in [0.717, 1.165) is 19.3 Å². The van der Waals surface area contributed by atoms with Crippen molar-refractivity contribution in [3.8, 4) is 16.9 Å². The summed E-state index contributed by atoms with van der Waals surface area (Å²) in [6, 6.07) is 23.6. The van der Waals surface area contributed by atoms with Gasteiger partial charge < -0.3 is 4.90 Å². The van der Waals surface area contributed by atoms with E-state index in [-0.39, 0.29) is 23.9 Å². The van der Waals surface area contributed by atoms with Gasteiger partial charge in [-0.15, -0.1) is 0 Å². The van der Waals surface area contributed by atoms with Gasteiger partial charge in [-0.05, 0) is 60.7 Å². The molecule has 0 atom stereocenters. The van der Waals surface area contributed by atoms with E-state index in [9.17, 15) is 14.4 Å². The maximum atomic E-state index is 13.8. The predicted molar refractivity (Wildman–Crippen MR) is 157 cm³/mol. The Morgan fingerprint density at radius 1 is 0.949 bits per heavy atom. The first-order chi connectivity index (χ1) is 18.8.